The van der Waals surface area contributed by atoms with Gasteiger partial charge in [0.05, 0.1) is 12.7 Å². The van der Waals surface area contributed by atoms with E-state index in [-0.39, 0.29) is 5.56 Å². The summed E-state index contributed by atoms with van der Waals surface area (Å²) in [4.78, 5) is 0. The van der Waals surface area contributed by atoms with E-state index in [0.29, 0.717) is 12.2 Å². The van der Waals surface area contributed by atoms with Crippen LogP contribution in [-0.2, 0) is 13.1 Å². The molecule has 0 unspecified atom stereocenters. The molecule has 0 radical (unpaired) electrons. The van der Waals surface area contributed by atoms with E-state index in [2.05, 4.69) is 0 Å². The van der Waals surface area contributed by atoms with Gasteiger partial charge in [0.2, 0.25) is 0 Å². The summed E-state index contributed by atoms with van der Waals surface area (Å²) in [6.45, 7) is 1.07. The number of rotatable bonds is 3. The Labute approximate surface area is 76.3 Å². The molecule has 0 atom stereocenters. The highest BCUT2D eigenvalue weighted by atomic mass is 19.1. The fraction of sp³-hybridized carbons (Fsp3) is 0.400. The van der Waals surface area contributed by atoms with Gasteiger partial charge in [-0.1, -0.05) is 6.92 Å². The topological polar surface area (TPSA) is 9.23 Å². The summed E-state index contributed by atoms with van der Waals surface area (Å²) < 4.78 is 30.4. The van der Waals surface area contributed by atoms with Crippen LogP contribution in [0.1, 0.15) is 18.1 Å². The average Bonchev–Trinajstić information content (AvgIpc) is 2.16. The third-order valence-corrected chi connectivity index (χ3v) is 1.98. The van der Waals surface area contributed by atoms with Gasteiger partial charge in [0.15, 0.2) is 0 Å². The summed E-state index contributed by atoms with van der Waals surface area (Å²) in [6.07, 6.45) is 0.708. The first-order valence-electron chi connectivity index (χ1n) is 4.14. The second-order valence-electron chi connectivity index (χ2n) is 2.75. The minimum Gasteiger partial charge on any atom is -0.496 e. The predicted octanol–water partition coefficient (Wildman–Crippen LogP) is 2.87. The third-order valence-electron chi connectivity index (χ3n) is 1.98. The molecule has 13 heavy (non-hydrogen) atoms. The van der Waals surface area contributed by atoms with E-state index in [4.69, 9.17) is 4.74 Å². The van der Waals surface area contributed by atoms with Crippen molar-refractivity contribution in [2.75, 3.05) is 7.11 Å². The van der Waals surface area contributed by atoms with Crippen molar-refractivity contribution >= 4 is 0 Å². The van der Waals surface area contributed by atoms with E-state index in [1.54, 1.807) is 6.07 Å². The number of alkyl halides is 1. The van der Waals surface area contributed by atoms with Crippen molar-refractivity contribution in [3.63, 3.8) is 0 Å². The summed E-state index contributed by atoms with van der Waals surface area (Å²) in [5, 5.41) is 0. The van der Waals surface area contributed by atoms with E-state index in [0.717, 1.165) is 5.56 Å². The third kappa shape index (κ3) is 1.97. The molecule has 0 spiro atoms. The summed E-state index contributed by atoms with van der Waals surface area (Å²) >= 11 is 0. The molecular formula is C10H12F2O. The number of ether oxygens (including phenoxy) is 1. The Morgan fingerprint density at radius 2 is 2.08 bits per heavy atom. The van der Waals surface area contributed by atoms with Gasteiger partial charge >= 0.3 is 0 Å². The Hall–Kier alpha value is -1.12. The Morgan fingerprint density at radius 1 is 1.38 bits per heavy atom. The molecule has 1 aromatic carbocycles. The SMILES string of the molecule is CCc1cc(F)c(CF)c(OC)c1. The van der Waals surface area contributed by atoms with Crippen molar-refractivity contribution in [3.05, 3.63) is 29.1 Å². The summed E-state index contributed by atoms with van der Waals surface area (Å²) in [5.74, 6) is -0.238. The largest absolute Gasteiger partial charge is 0.496 e. The maximum absolute atomic E-state index is 13.2. The van der Waals surface area contributed by atoms with E-state index < -0.39 is 12.5 Å². The van der Waals surface area contributed by atoms with Crippen molar-refractivity contribution in [2.24, 2.45) is 0 Å². The molecule has 0 N–H and O–H groups in total. The lowest BCUT2D eigenvalue weighted by Crippen LogP contribution is -1.96. The molecule has 0 saturated heterocycles. The highest BCUT2D eigenvalue weighted by molar-refractivity contribution is 5.38. The maximum atomic E-state index is 13.2. The van der Waals surface area contributed by atoms with Crippen molar-refractivity contribution in [3.8, 4) is 5.75 Å². The first kappa shape index (κ1) is 9.96. The minimum absolute atomic E-state index is 0.000278. The van der Waals surface area contributed by atoms with Crippen molar-refractivity contribution in [1.29, 1.82) is 0 Å². The van der Waals surface area contributed by atoms with Gasteiger partial charge in [-0.3, -0.25) is 0 Å². The lowest BCUT2D eigenvalue weighted by atomic mass is 10.1. The van der Waals surface area contributed by atoms with Crippen LogP contribution in [0.25, 0.3) is 0 Å². The molecule has 0 aromatic heterocycles. The van der Waals surface area contributed by atoms with E-state index in [1.165, 1.54) is 13.2 Å². The van der Waals surface area contributed by atoms with Crippen LogP contribution in [0.4, 0.5) is 8.78 Å². The summed E-state index contributed by atoms with van der Waals surface area (Å²) in [6, 6.07) is 3.01. The van der Waals surface area contributed by atoms with Gasteiger partial charge in [0, 0.05) is 0 Å². The Kier molecular flexibility index (Phi) is 3.23. The molecule has 0 heterocycles. The van der Waals surface area contributed by atoms with E-state index >= 15 is 0 Å². The van der Waals surface area contributed by atoms with Crippen LogP contribution in [-0.4, -0.2) is 7.11 Å². The van der Waals surface area contributed by atoms with Gasteiger partial charge in [0.25, 0.3) is 0 Å². The molecule has 0 aliphatic heterocycles. The van der Waals surface area contributed by atoms with Crippen molar-refractivity contribution in [2.45, 2.75) is 20.0 Å². The fourth-order valence-electron chi connectivity index (χ4n) is 1.18. The van der Waals surface area contributed by atoms with Gasteiger partial charge in [0.1, 0.15) is 18.2 Å². The molecule has 1 rings (SSSR count). The zero-order valence-corrected chi connectivity index (χ0v) is 7.73. The number of hydrogen-bond donors (Lipinski definition) is 0. The van der Waals surface area contributed by atoms with Gasteiger partial charge in [-0.25, -0.2) is 8.78 Å². The lowest BCUT2D eigenvalue weighted by molar-refractivity contribution is 0.384. The van der Waals surface area contributed by atoms with Crippen LogP contribution >= 0.6 is 0 Å². The fourth-order valence-corrected chi connectivity index (χ4v) is 1.18. The standard InChI is InChI=1S/C10H12F2O/c1-3-7-4-9(12)8(6-11)10(5-7)13-2/h4-5H,3,6H2,1-2H3. The highest BCUT2D eigenvalue weighted by Crippen LogP contribution is 2.24. The number of benzene rings is 1. The first-order valence-corrected chi connectivity index (χ1v) is 4.14. The zero-order chi connectivity index (χ0) is 9.84. The van der Waals surface area contributed by atoms with E-state index in [1.807, 2.05) is 6.92 Å². The Balaban J connectivity index is 3.20. The van der Waals surface area contributed by atoms with Crippen LogP contribution in [0.2, 0.25) is 0 Å². The van der Waals surface area contributed by atoms with Crippen LogP contribution in [0, 0.1) is 5.82 Å². The summed E-state index contributed by atoms with van der Waals surface area (Å²) in [7, 11) is 1.41. The average molecular weight is 186 g/mol. The zero-order valence-electron chi connectivity index (χ0n) is 7.73. The Morgan fingerprint density at radius 3 is 2.54 bits per heavy atom. The Bertz CT molecular complexity index is 297. The van der Waals surface area contributed by atoms with Gasteiger partial charge in [-0.15, -0.1) is 0 Å². The predicted molar refractivity (Wildman–Crippen MR) is 47.1 cm³/mol. The number of methoxy groups -OCH3 is 1. The molecule has 1 nitrogen and oxygen atoms in total. The molecule has 3 heteroatoms. The van der Waals surface area contributed by atoms with Crippen molar-refractivity contribution in [1.82, 2.24) is 0 Å². The van der Waals surface area contributed by atoms with Crippen LogP contribution in [0.3, 0.4) is 0 Å². The first-order chi connectivity index (χ1) is 6.22. The van der Waals surface area contributed by atoms with Crippen LogP contribution in [0.15, 0.2) is 12.1 Å². The monoisotopic (exact) mass is 186 g/mol. The van der Waals surface area contributed by atoms with Gasteiger partial charge in [-0.2, -0.15) is 0 Å². The highest BCUT2D eigenvalue weighted by Gasteiger charge is 2.10. The summed E-state index contributed by atoms with van der Waals surface area (Å²) in [5.41, 5.74) is 0.811. The van der Waals surface area contributed by atoms with E-state index in [9.17, 15) is 8.78 Å². The van der Waals surface area contributed by atoms with Gasteiger partial charge in [-0.05, 0) is 24.1 Å². The molecule has 0 bridgehead atoms. The second-order valence-corrected chi connectivity index (χ2v) is 2.75. The van der Waals surface area contributed by atoms with Crippen LogP contribution < -0.4 is 4.74 Å². The quantitative estimate of drug-likeness (QED) is 0.705. The smallest absolute Gasteiger partial charge is 0.133 e. The minimum atomic E-state index is -0.834. The number of hydrogen-bond acceptors (Lipinski definition) is 1. The molecule has 72 valence electrons. The molecule has 0 fully saturated rings. The second kappa shape index (κ2) is 4.21. The molecule has 0 aliphatic carbocycles. The van der Waals surface area contributed by atoms with Crippen molar-refractivity contribution < 1.29 is 13.5 Å². The van der Waals surface area contributed by atoms with Crippen LogP contribution in [0.5, 0.6) is 5.75 Å². The number of aryl methyl sites for hydroxylation is 1. The number of halogens is 2. The normalized spacial score (nSPS) is 10.2. The maximum Gasteiger partial charge on any atom is 0.133 e. The molecule has 0 aliphatic rings. The molecule has 0 amide bonds. The molecule has 0 saturated carbocycles. The molecular weight excluding hydrogens is 174 g/mol. The lowest BCUT2D eigenvalue weighted by Gasteiger charge is -2.08. The van der Waals surface area contributed by atoms with Gasteiger partial charge < -0.3 is 4.74 Å². The molecule has 1 aromatic rings.